The van der Waals surface area contributed by atoms with Gasteiger partial charge in [0.1, 0.15) is 12.2 Å². The van der Waals surface area contributed by atoms with Gasteiger partial charge in [-0.15, -0.1) is 6.58 Å². The minimum absolute atomic E-state index is 0.202. The van der Waals surface area contributed by atoms with Crippen molar-refractivity contribution in [3.05, 3.63) is 35.5 Å². The number of ketones is 1. The summed E-state index contributed by atoms with van der Waals surface area (Å²) in [5, 5.41) is 20.9. The molecule has 3 nitrogen and oxygen atoms in total. The van der Waals surface area contributed by atoms with Crippen molar-refractivity contribution < 1.29 is 15.0 Å². The molecule has 0 aromatic heterocycles. The number of rotatable bonds is 1. The highest BCUT2D eigenvalue weighted by atomic mass is 16.3. The maximum atomic E-state index is 11.9. The van der Waals surface area contributed by atoms with Crippen LogP contribution in [0.5, 0.6) is 0 Å². The number of carbonyl (C=O) groups is 1. The quantitative estimate of drug-likeness (QED) is 0.555. The van der Waals surface area contributed by atoms with E-state index in [1.165, 1.54) is 16.7 Å². The minimum Gasteiger partial charge on any atom is -0.384 e. The topological polar surface area (TPSA) is 57.5 Å². The van der Waals surface area contributed by atoms with E-state index in [0.29, 0.717) is 24.2 Å². The monoisotopic (exact) mass is 364 g/mol. The van der Waals surface area contributed by atoms with Gasteiger partial charge < -0.3 is 10.2 Å². The largest absolute Gasteiger partial charge is 0.384 e. The third-order valence-corrected chi connectivity index (χ3v) is 8.38. The summed E-state index contributed by atoms with van der Waals surface area (Å²) in [7, 11) is 0. The summed E-state index contributed by atoms with van der Waals surface area (Å²) < 4.78 is 0. The Labute approximate surface area is 161 Å². The fourth-order valence-electron chi connectivity index (χ4n) is 7.34. The SMILES string of the molecule is C=C[C@H]1C[C@@]2(C)[C@@H]([C@@H]3C[C@@H]3[C@@]2(O)C#CCO)[C@@H]2CCC3=CC(=O)CCC3=C21. The Morgan fingerprint density at radius 1 is 1.37 bits per heavy atom. The Balaban J connectivity index is 1.64. The number of hydrogen-bond donors (Lipinski definition) is 2. The molecule has 0 spiro atoms. The van der Waals surface area contributed by atoms with Gasteiger partial charge in [-0.2, -0.15) is 0 Å². The zero-order valence-electron chi connectivity index (χ0n) is 16.0. The number of allylic oxidation sites excluding steroid dienone is 5. The second-order valence-corrected chi connectivity index (χ2v) is 9.44. The molecule has 0 aliphatic heterocycles. The van der Waals surface area contributed by atoms with E-state index in [2.05, 4.69) is 31.4 Å². The highest BCUT2D eigenvalue weighted by Crippen LogP contribution is 2.75. The van der Waals surface area contributed by atoms with Gasteiger partial charge in [-0.3, -0.25) is 4.79 Å². The van der Waals surface area contributed by atoms with E-state index in [0.717, 1.165) is 32.1 Å². The van der Waals surface area contributed by atoms with Crippen molar-refractivity contribution in [3.63, 3.8) is 0 Å². The summed E-state index contributed by atoms with van der Waals surface area (Å²) in [6.45, 7) is 6.16. The van der Waals surface area contributed by atoms with Gasteiger partial charge in [0.15, 0.2) is 5.78 Å². The zero-order chi connectivity index (χ0) is 19.0. The zero-order valence-corrected chi connectivity index (χ0v) is 16.0. The first-order valence-electron chi connectivity index (χ1n) is 10.4. The lowest BCUT2D eigenvalue weighted by atomic mass is 9.50. The molecule has 5 aliphatic carbocycles. The summed E-state index contributed by atoms with van der Waals surface area (Å²) >= 11 is 0. The van der Waals surface area contributed by atoms with Gasteiger partial charge in [0, 0.05) is 17.8 Å². The molecule has 0 radical (unpaired) electrons. The first kappa shape index (κ1) is 17.5. The molecule has 0 unspecified atom stereocenters. The molecule has 0 saturated heterocycles. The smallest absolute Gasteiger partial charge is 0.156 e. The number of aliphatic hydroxyl groups excluding tert-OH is 1. The van der Waals surface area contributed by atoms with E-state index >= 15 is 0 Å². The van der Waals surface area contributed by atoms with Gasteiger partial charge in [-0.25, -0.2) is 0 Å². The van der Waals surface area contributed by atoms with E-state index in [1.807, 2.05) is 6.08 Å². The van der Waals surface area contributed by atoms with Gasteiger partial charge in [-0.1, -0.05) is 30.4 Å². The highest BCUT2D eigenvalue weighted by Gasteiger charge is 2.75. The van der Waals surface area contributed by atoms with Crippen LogP contribution in [0.2, 0.25) is 0 Å². The maximum Gasteiger partial charge on any atom is 0.156 e. The standard InChI is InChI=1S/C24H28O3/c1-3-14-13-23(2)22(19-12-20(19)24(23,27)9-4-10-25)18-7-5-15-11-16(26)6-8-17(15)21(14)18/h3,11,14,18-20,22,25,27H,1,5-8,10,12-13H2,2H3/t14-,18+,19+,20-,22+,23-,24-/m0/s1. The highest BCUT2D eigenvalue weighted by molar-refractivity contribution is 5.93. The summed E-state index contributed by atoms with van der Waals surface area (Å²) in [6, 6.07) is 0. The molecule has 0 aromatic rings. The fraction of sp³-hybridized carbons (Fsp3) is 0.625. The molecule has 3 saturated carbocycles. The minimum atomic E-state index is -0.999. The van der Waals surface area contributed by atoms with E-state index in [9.17, 15) is 15.0 Å². The lowest BCUT2D eigenvalue weighted by Gasteiger charge is -2.54. The molecular formula is C24H28O3. The van der Waals surface area contributed by atoms with Crippen LogP contribution in [0.25, 0.3) is 0 Å². The third kappa shape index (κ3) is 2.15. The molecule has 142 valence electrons. The van der Waals surface area contributed by atoms with Gasteiger partial charge in [0.2, 0.25) is 0 Å². The van der Waals surface area contributed by atoms with Crippen molar-refractivity contribution >= 4 is 5.78 Å². The Morgan fingerprint density at radius 2 is 2.19 bits per heavy atom. The molecule has 0 amide bonds. The van der Waals surface area contributed by atoms with Crippen LogP contribution in [0.4, 0.5) is 0 Å². The number of fused-ring (bicyclic) bond motifs is 6. The van der Waals surface area contributed by atoms with Crippen molar-refractivity contribution in [1.29, 1.82) is 0 Å². The molecule has 0 heterocycles. The van der Waals surface area contributed by atoms with Crippen LogP contribution in [0.15, 0.2) is 35.5 Å². The average Bonchev–Trinajstić information content (AvgIpc) is 3.41. The van der Waals surface area contributed by atoms with Crippen LogP contribution in [-0.4, -0.2) is 28.2 Å². The number of hydrogen-bond acceptors (Lipinski definition) is 3. The summed E-state index contributed by atoms with van der Waals surface area (Å²) in [5.74, 6) is 8.05. The first-order chi connectivity index (χ1) is 12.9. The third-order valence-electron chi connectivity index (χ3n) is 8.38. The molecular weight excluding hydrogens is 336 g/mol. The Hall–Kier alpha value is -1.63. The van der Waals surface area contributed by atoms with Crippen molar-refractivity contribution in [2.24, 2.45) is 35.0 Å². The van der Waals surface area contributed by atoms with Crippen molar-refractivity contribution in [3.8, 4) is 11.8 Å². The van der Waals surface area contributed by atoms with Crippen LogP contribution in [0.1, 0.15) is 45.4 Å². The van der Waals surface area contributed by atoms with Crippen molar-refractivity contribution in [1.82, 2.24) is 0 Å². The molecule has 3 fully saturated rings. The lowest BCUT2D eigenvalue weighted by molar-refractivity contribution is -0.114. The van der Waals surface area contributed by atoms with E-state index in [-0.39, 0.29) is 29.6 Å². The Morgan fingerprint density at radius 3 is 2.93 bits per heavy atom. The molecule has 0 bridgehead atoms. The van der Waals surface area contributed by atoms with Crippen LogP contribution in [-0.2, 0) is 4.79 Å². The number of aliphatic hydroxyl groups is 2. The van der Waals surface area contributed by atoms with Gasteiger partial charge in [0.25, 0.3) is 0 Å². The summed E-state index contributed by atoms with van der Waals surface area (Å²) in [6.07, 6.45) is 9.38. The number of carbonyl (C=O) groups excluding carboxylic acids is 1. The normalized spacial score (nSPS) is 47.0. The molecule has 5 aliphatic rings. The summed E-state index contributed by atoms with van der Waals surface area (Å²) in [4.78, 5) is 11.9. The maximum absolute atomic E-state index is 11.9. The Bertz CT molecular complexity index is 853. The summed E-state index contributed by atoms with van der Waals surface area (Å²) in [5.41, 5.74) is 2.94. The van der Waals surface area contributed by atoms with E-state index in [4.69, 9.17) is 0 Å². The van der Waals surface area contributed by atoms with Crippen molar-refractivity contribution in [2.45, 2.75) is 51.0 Å². The average molecular weight is 364 g/mol. The second-order valence-electron chi connectivity index (χ2n) is 9.44. The molecule has 7 atom stereocenters. The molecule has 27 heavy (non-hydrogen) atoms. The predicted octanol–water partition coefficient (Wildman–Crippen LogP) is 3.19. The van der Waals surface area contributed by atoms with Crippen LogP contribution < -0.4 is 0 Å². The molecule has 2 N–H and O–H groups in total. The van der Waals surface area contributed by atoms with E-state index in [1.54, 1.807) is 0 Å². The molecule has 5 rings (SSSR count). The van der Waals surface area contributed by atoms with Gasteiger partial charge in [0.05, 0.1) is 0 Å². The van der Waals surface area contributed by atoms with E-state index < -0.39 is 5.60 Å². The lowest BCUT2D eigenvalue weighted by Crippen LogP contribution is -2.54. The molecule has 0 aromatic carbocycles. The van der Waals surface area contributed by atoms with Gasteiger partial charge >= 0.3 is 0 Å². The van der Waals surface area contributed by atoms with Crippen LogP contribution >= 0.6 is 0 Å². The van der Waals surface area contributed by atoms with Gasteiger partial charge in [-0.05, 0) is 73.0 Å². The first-order valence-corrected chi connectivity index (χ1v) is 10.4. The van der Waals surface area contributed by atoms with Crippen LogP contribution in [0.3, 0.4) is 0 Å². The van der Waals surface area contributed by atoms with Crippen molar-refractivity contribution in [2.75, 3.05) is 6.61 Å². The predicted molar refractivity (Wildman–Crippen MR) is 103 cm³/mol. The fourth-order valence-corrected chi connectivity index (χ4v) is 7.34. The Kier molecular flexibility index (Phi) is 3.68. The van der Waals surface area contributed by atoms with Crippen LogP contribution in [0, 0.1) is 46.8 Å². The molecule has 3 heteroatoms. The second kappa shape index (κ2) is 5.69.